The molecule has 0 amide bonds. The average molecular weight is 249 g/mol. The molecule has 0 aromatic heterocycles. The van der Waals surface area contributed by atoms with Gasteiger partial charge in [-0.15, -0.1) is 0 Å². The van der Waals surface area contributed by atoms with E-state index in [1.54, 1.807) is 13.4 Å². The molecule has 0 unspecified atom stereocenters. The minimum Gasteiger partial charge on any atom is -0.504 e. The predicted molar refractivity (Wildman–Crippen MR) is 76.4 cm³/mol. The van der Waals surface area contributed by atoms with Crippen LogP contribution in [0.2, 0.25) is 0 Å². The molecule has 2 aromatic rings. The van der Waals surface area contributed by atoms with Crippen LogP contribution < -0.4 is 0 Å². The molecule has 2 aromatic carbocycles. The first-order chi connectivity index (χ1) is 9.26. The molecular weight excluding hydrogens is 234 g/mol. The summed E-state index contributed by atoms with van der Waals surface area (Å²) in [5.74, 6) is 0. The summed E-state index contributed by atoms with van der Waals surface area (Å²) >= 11 is 0. The normalized spacial score (nSPS) is 10.9. The lowest BCUT2D eigenvalue weighted by Gasteiger charge is -2.10. The fourth-order valence-corrected chi connectivity index (χ4v) is 1.95. The second kappa shape index (κ2) is 5.88. The maximum atomic E-state index is 9.21. The molecule has 0 spiro atoms. The third-order valence-electron chi connectivity index (χ3n) is 2.94. The van der Waals surface area contributed by atoms with Gasteiger partial charge in [0.1, 0.15) is 0 Å². The Morgan fingerprint density at radius 3 is 2.42 bits per heavy atom. The summed E-state index contributed by atoms with van der Waals surface area (Å²) in [4.78, 5) is 0. The number of benzene rings is 2. The number of hydrogen-bond donors (Lipinski definition) is 0. The number of nitriles is 1. The Morgan fingerprint density at radius 2 is 1.79 bits per heavy atom. The SMILES string of the molecule is CO/C=C(/c1ccc(C)cc1)c1ccccc1C#N. The number of hydrogen-bond acceptors (Lipinski definition) is 2. The quantitative estimate of drug-likeness (QED) is 0.773. The highest BCUT2D eigenvalue weighted by molar-refractivity contribution is 5.82. The Morgan fingerprint density at radius 1 is 1.11 bits per heavy atom. The molecule has 0 aliphatic rings. The molecule has 0 saturated heterocycles. The maximum absolute atomic E-state index is 9.21. The highest BCUT2D eigenvalue weighted by atomic mass is 16.5. The van der Waals surface area contributed by atoms with E-state index in [2.05, 4.69) is 6.07 Å². The molecule has 94 valence electrons. The monoisotopic (exact) mass is 249 g/mol. The summed E-state index contributed by atoms with van der Waals surface area (Å²) in [6.45, 7) is 2.05. The third kappa shape index (κ3) is 2.83. The van der Waals surface area contributed by atoms with Crippen molar-refractivity contribution in [2.24, 2.45) is 0 Å². The van der Waals surface area contributed by atoms with Crippen molar-refractivity contribution in [3.05, 3.63) is 77.0 Å². The molecular formula is C17H15NO. The van der Waals surface area contributed by atoms with Crippen molar-refractivity contribution in [3.8, 4) is 6.07 Å². The Labute approximate surface area is 113 Å². The summed E-state index contributed by atoms with van der Waals surface area (Å²) < 4.78 is 5.17. The van der Waals surface area contributed by atoms with E-state index in [0.717, 1.165) is 16.7 Å². The van der Waals surface area contributed by atoms with Crippen molar-refractivity contribution >= 4 is 5.57 Å². The highest BCUT2D eigenvalue weighted by Gasteiger charge is 2.09. The fourth-order valence-electron chi connectivity index (χ4n) is 1.95. The van der Waals surface area contributed by atoms with Gasteiger partial charge < -0.3 is 4.74 Å². The number of ether oxygens (including phenoxy) is 1. The van der Waals surface area contributed by atoms with Gasteiger partial charge in [0.25, 0.3) is 0 Å². The van der Waals surface area contributed by atoms with E-state index >= 15 is 0 Å². The van der Waals surface area contributed by atoms with E-state index in [9.17, 15) is 5.26 Å². The van der Waals surface area contributed by atoms with E-state index in [4.69, 9.17) is 4.74 Å². The molecule has 2 rings (SSSR count). The van der Waals surface area contributed by atoms with Gasteiger partial charge in [0.15, 0.2) is 0 Å². The van der Waals surface area contributed by atoms with E-state index in [-0.39, 0.29) is 0 Å². The highest BCUT2D eigenvalue weighted by Crippen LogP contribution is 2.26. The minimum absolute atomic E-state index is 0.645. The summed E-state index contributed by atoms with van der Waals surface area (Å²) in [6, 6.07) is 17.9. The Hall–Kier alpha value is -2.53. The van der Waals surface area contributed by atoms with Crippen LogP contribution in [0.5, 0.6) is 0 Å². The van der Waals surface area contributed by atoms with Gasteiger partial charge in [-0.05, 0) is 18.6 Å². The molecule has 2 heteroatoms. The largest absolute Gasteiger partial charge is 0.504 e. The summed E-state index contributed by atoms with van der Waals surface area (Å²) in [5.41, 5.74) is 4.69. The van der Waals surface area contributed by atoms with E-state index in [0.29, 0.717) is 5.56 Å². The molecule has 0 bridgehead atoms. The molecule has 0 radical (unpaired) electrons. The summed E-state index contributed by atoms with van der Waals surface area (Å²) in [5, 5.41) is 9.21. The standard InChI is InChI=1S/C17H15NO/c1-13-7-9-14(10-8-13)17(12-19-2)16-6-4-3-5-15(16)11-18/h3-10,12H,1-2H3/b17-12-. The van der Waals surface area contributed by atoms with Crippen LogP contribution in [0.3, 0.4) is 0 Å². The molecule has 0 aliphatic heterocycles. The van der Waals surface area contributed by atoms with E-state index < -0.39 is 0 Å². The van der Waals surface area contributed by atoms with Gasteiger partial charge in [-0.3, -0.25) is 0 Å². The predicted octanol–water partition coefficient (Wildman–Crippen LogP) is 3.90. The zero-order chi connectivity index (χ0) is 13.7. The number of rotatable bonds is 3. The molecule has 0 N–H and O–H groups in total. The van der Waals surface area contributed by atoms with Crippen molar-refractivity contribution < 1.29 is 4.74 Å². The lowest BCUT2D eigenvalue weighted by molar-refractivity contribution is 0.340. The molecule has 0 heterocycles. The van der Waals surface area contributed by atoms with Gasteiger partial charge >= 0.3 is 0 Å². The van der Waals surface area contributed by atoms with Crippen molar-refractivity contribution in [2.45, 2.75) is 6.92 Å². The van der Waals surface area contributed by atoms with Gasteiger partial charge in [0.05, 0.1) is 25.0 Å². The first kappa shape index (κ1) is 12.9. The zero-order valence-corrected chi connectivity index (χ0v) is 11.1. The van der Waals surface area contributed by atoms with Crippen LogP contribution in [-0.4, -0.2) is 7.11 Å². The molecule has 2 nitrogen and oxygen atoms in total. The van der Waals surface area contributed by atoms with Crippen molar-refractivity contribution in [1.29, 1.82) is 5.26 Å². The van der Waals surface area contributed by atoms with Gasteiger partial charge in [-0.1, -0.05) is 48.0 Å². The van der Waals surface area contributed by atoms with Gasteiger partial charge in [-0.25, -0.2) is 0 Å². The van der Waals surface area contributed by atoms with Crippen LogP contribution >= 0.6 is 0 Å². The van der Waals surface area contributed by atoms with Gasteiger partial charge in [0, 0.05) is 11.1 Å². The van der Waals surface area contributed by atoms with Crippen LogP contribution in [0.4, 0.5) is 0 Å². The first-order valence-electron chi connectivity index (χ1n) is 6.05. The lowest BCUT2D eigenvalue weighted by atomic mass is 9.95. The number of methoxy groups -OCH3 is 1. The van der Waals surface area contributed by atoms with Crippen LogP contribution in [0, 0.1) is 18.3 Å². The van der Waals surface area contributed by atoms with Crippen molar-refractivity contribution in [3.63, 3.8) is 0 Å². The number of aryl methyl sites for hydroxylation is 1. The summed E-state index contributed by atoms with van der Waals surface area (Å²) in [7, 11) is 1.61. The van der Waals surface area contributed by atoms with E-state index in [1.165, 1.54) is 5.56 Å². The minimum atomic E-state index is 0.645. The molecule has 19 heavy (non-hydrogen) atoms. The molecule has 0 saturated carbocycles. The first-order valence-corrected chi connectivity index (χ1v) is 6.05. The van der Waals surface area contributed by atoms with Crippen LogP contribution in [0.1, 0.15) is 22.3 Å². The Balaban J connectivity index is 2.56. The second-order valence-corrected chi connectivity index (χ2v) is 4.29. The molecule has 0 fully saturated rings. The van der Waals surface area contributed by atoms with Gasteiger partial charge in [-0.2, -0.15) is 5.26 Å². The van der Waals surface area contributed by atoms with E-state index in [1.807, 2.05) is 55.5 Å². The van der Waals surface area contributed by atoms with Crippen LogP contribution in [0.15, 0.2) is 54.8 Å². The van der Waals surface area contributed by atoms with Crippen molar-refractivity contribution in [1.82, 2.24) is 0 Å². The fraction of sp³-hybridized carbons (Fsp3) is 0.118. The van der Waals surface area contributed by atoms with Gasteiger partial charge in [0.2, 0.25) is 0 Å². The van der Waals surface area contributed by atoms with Crippen molar-refractivity contribution in [2.75, 3.05) is 7.11 Å². The third-order valence-corrected chi connectivity index (χ3v) is 2.94. The average Bonchev–Trinajstić information content (AvgIpc) is 2.46. The Kier molecular flexibility index (Phi) is 4.00. The summed E-state index contributed by atoms with van der Waals surface area (Å²) in [6.07, 6.45) is 1.68. The van der Waals surface area contributed by atoms with Crippen LogP contribution in [0.25, 0.3) is 5.57 Å². The smallest absolute Gasteiger partial charge is 0.0998 e. The lowest BCUT2D eigenvalue weighted by Crippen LogP contribution is -1.93. The maximum Gasteiger partial charge on any atom is 0.0998 e. The Bertz CT molecular complexity index is 633. The zero-order valence-electron chi connectivity index (χ0n) is 11.1. The van der Waals surface area contributed by atoms with Crippen LogP contribution in [-0.2, 0) is 4.74 Å². The molecule has 0 aliphatic carbocycles. The molecule has 0 atom stereocenters. The topological polar surface area (TPSA) is 33.0 Å². The second-order valence-electron chi connectivity index (χ2n) is 4.29. The number of nitrogens with zero attached hydrogens (tertiary/aromatic N) is 1.